The molecule has 0 aromatic carbocycles. The number of aromatic nitrogens is 3. The van der Waals surface area contributed by atoms with Crippen molar-refractivity contribution < 1.29 is 19.3 Å². The van der Waals surface area contributed by atoms with Gasteiger partial charge in [-0.05, 0) is 13.0 Å². The molecule has 0 unspecified atom stereocenters. The minimum Gasteiger partial charge on any atom is -0.342 e. The van der Waals surface area contributed by atoms with Gasteiger partial charge >= 0.3 is 5.91 Å². The van der Waals surface area contributed by atoms with Gasteiger partial charge in [0.2, 0.25) is 11.6 Å². The van der Waals surface area contributed by atoms with Gasteiger partial charge in [0.25, 0.3) is 5.91 Å². The number of halogens is 1. The molecule has 0 aliphatic rings. The fourth-order valence-electron chi connectivity index (χ4n) is 2.55. The quantitative estimate of drug-likeness (QED) is 0.389. The molecule has 2 rings (SSSR count). The predicted molar refractivity (Wildman–Crippen MR) is 108 cm³/mol. The molecule has 2 amide bonds. The molecule has 11 heteroatoms. The summed E-state index contributed by atoms with van der Waals surface area (Å²) in [6, 6.07) is 3.25. The molecule has 2 aromatic rings. The van der Waals surface area contributed by atoms with Crippen LogP contribution in [0.2, 0.25) is 0 Å². The van der Waals surface area contributed by atoms with Crippen molar-refractivity contribution in [3.8, 4) is 0 Å². The first kappa shape index (κ1) is 22.0. The number of quaternary nitrogens is 1. The van der Waals surface area contributed by atoms with E-state index in [0.29, 0.717) is 23.8 Å². The summed E-state index contributed by atoms with van der Waals surface area (Å²) in [6.07, 6.45) is 2.51. The van der Waals surface area contributed by atoms with Gasteiger partial charge in [-0.1, -0.05) is 0 Å². The van der Waals surface area contributed by atoms with E-state index >= 15 is 0 Å². The van der Waals surface area contributed by atoms with Crippen molar-refractivity contribution >= 4 is 35.3 Å². The van der Waals surface area contributed by atoms with Crippen molar-refractivity contribution in [1.29, 1.82) is 5.41 Å². The average Bonchev–Trinajstić information content (AvgIpc) is 3.14. The van der Waals surface area contributed by atoms with E-state index < -0.39 is 18.5 Å². The molecule has 2 aromatic heterocycles. The lowest BCUT2D eigenvalue weighted by Crippen LogP contribution is -2.80. The summed E-state index contributed by atoms with van der Waals surface area (Å²) >= 11 is 0. The molecule has 2 heterocycles. The molecule has 0 saturated heterocycles. The SMILES string of the molecule is CCN(C)C(=O)C(C=N)=C([NH2+]C)C(=O)Nc1ccn2nc(N(C)CCF)nc2c1. The highest BCUT2D eigenvalue weighted by Gasteiger charge is 2.24. The molecular weight excluding hydrogens is 379 g/mol. The van der Waals surface area contributed by atoms with E-state index in [2.05, 4.69) is 15.4 Å². The van der Waals surface area contributed by atoms with Crippen molar-refractivity contribution in [2.24, 2.45) is 0 Å². The van der Waals surface area contributed by atoms with Crippen LogP contribution in [-0.4, -0.2) is 78.4 Å². The Morgan fingerprint density at radius 3 is 2.72 bits per heavy atom. The third-order valence-corrected chi connectivity index (χ3v) is 4.36. The van der Waals surface area contributed by atoms with Crippen molar-refractivity contribution in [2.75, 3.05) is 51.1 Å². The number of fused-ring (bicyclic) bond motifs is 1. The summed E-state index contributed by atoms with van der Waals surface area (Å²) in [4.78, 5) is 32.5. The van der Waals surface area contributed by atoms with Crippen LogP contribution < -0.4 is 15.5 Å². The minimum atomic E-state index is -0.517. The van der Waals surface area contributed by atoms with Gasteiger partial charge in [-0.15, -0.1) is 5.10 Å². The highest BCUT2D eigenvalue weighted by atomic mass is 19.1. The van der Waals surface area contributed by atoms with Crippen LogP contribution in [0.15, 0.2) is 29.6 Å². The monoisotopic (exact) mass is 405 g/mol. The average molecular weight is 405 g/mol. The van der Waals surface area contributed by atoms with Crippen LogP contribution in [0, 0.1) is 5.41 Å². The first-order valence-electron chi connectivity index (χ1n) is 9.10. The Balaban J connectivity index is 2.30. The van der Waals surface area contributed by atoms with E-state index in [1.54, 1.807) is 44.4 Å². The molecule has 10 nitrogen and oxygen atoms in total. The van der Waals surface area contributed by atoms with Gasteiger partial charge in [0, 0.05) is 51.4 Å². The topological polar surface area (TPSA) is 123 Å². The Labute approximate surface area is 167 Å². The van der Waals surface area contributed by atoms with Crippen LogP contribution in [0.4, 0.5) is 16.0 Å². The fourth-order valence-corrected chi connectivity index (χ4v) is 2.55. The van der Waals surface area contributed by atoms with E-state index in [0.717, 1.165) is 6.21 Å². The smallest absolute Gasteiger partial charge is 0.310 e. The van der Waals surface area contributed by atoms with E-state index in [1.165, 1.54) is 14.7 Å². The van der Waals surface area contributed by atoms with Gasteiger partial charge in [-0.25, -0.2) is 8.91 Å². The first-order valence-corrected chi connectivity index (χ1v) is 9.10. The maximum absolute atomic E-state index is 12.7. The second-order valence-electron chi connectivity index (χ2n) is 6.27. The third kappa shape index (κ3) is 4.93. The normalized spacial score (nSPS) is 11.8. The number of nitrogens with zero attached hydrogens (tertiary/aromatic N) is 5. The summed E-state index contributed by atoms with van der Waals surface area (Å²) < 4.78 is 14.0. The van der Waals surface area contributed by atoms with Crippen LogP contribution in [0.5, 0.6) is 0 Å². The molecule has 0 radical (unpaired) electrons. The van der Waals surface area contributed by atoms with Gasteiger partial charge in [0.15, 0.2) is 5.65 Å². The van der Waals surface area contributed by atoms with Crippen molar-refractivity contribution in [1.82, 2.24) is 19.5 Å². The highest BCUT2D eigenvalue weighted by Crippen LogP contribution is 2.15. The van der Waals surface area contributed by atoms with Gasteiger partial charge < -0.3 is 25.8 Å². The summed E-state index contributed by atoms with van der Waals surface area (Å²) in [5, 5.41) is 16.0. The molecule has 0 aliphatic carbocycles. The highest BCUT2D eigenvalue weighted by molar-refractivity contribution is 6.18. The number of likely N-dealkylation sites (N-methyl/N-ethyl adjacent to an activating group) is 2. The van der Waals surface area contributed by atoms with Gasteiger partial charge in [-0.2, -0.15) is 4.98 Å². The number of carbonyl (C=O) groups excluding carboxylic acids is 2. The minimum absolute atomic E-state index is 0.00744. The number of nitrogens with two attached hydrogens (primary N) is 1. The lowest BCUT2D eigenvalue weighted by atomic mass is 10.1. The molecule has 0 fully saturated rings. The molecule has 0 aliphatic heterocycles. The van der Waals surface area contributed by atoms with Crippen LogP contribution >= 0.6 is 0 Å². The summed E-state index contributed by atoms with van der Waals surface area (Å²) in [7, 11) is 4.93. The Morgan fingerprint density at radius 1 is 1.41 bits per heavy atom. The van der Waals surface area contributed by atoms with Crippen molar-refractivity contribution in [3.63, 3.8) is 0 Å². The number of amides is 2. The summed E-state index contributed by atoms with van der Waals surface area (Å²) in [6.45, 7) is 1.92. The fraction of sp³-hybridized carbons (Fsp3) is 0.389. The number of pyridine rings is 1. The molecule has 0 spiro atoms. The zero-order valence-corrected chi connectivity index (χ0v) is 16.9. The third-order valence-electron chi connectivity index (χ3n) is 4.36. The Bertz CT molecular complexity index is 939. The van der Waals surface area contributed by atoms with E-state index in [9.17, 15) is 14.0 Å². The lowest BCUT2D eigenvalue weighted by Gasteiger charge is -2.15. The number of alkyl halides is 1. The lowest BCUT2D eigenvalue weighted by molar-refractivity contribution is -0.570. The molecule has 156 valence electrons. The number of hydrogen-bond acceptors (Lipinski definition) is 6. The second kappa shape index (κ2) is 9.73. The maximum Gasteiger partial charge on any atom is 0.310 e. The first-order chi connectivity index (χ1) is 13.9. The Hall–Kier alpha value is -3.34. The zero-order valence-electron chi connectivity index (χ0n) is 16.9. The van der Waals surface area contributed by atoms with Crippen LogP contribution in [-0.2, 0) is 9.59 Å². The standard InChI is InChI=1S/C18H25FN8O2/c1-5-25(3)17(29)13(11-20)15(21-2)16(28)22-12-6-8-27-14(10-12)23-18(24-27)26(4)9-7-19/h6,8,10-11,20-21H,5,7,9H2,1-4H3,(H,22,28)/p+1. The summed E-state index contributed by atoms with van der Waals surface area (Å²) in [5.41, 5.74) is 1.04. The van der Waals surface area contributed by atoms with Gasteiger partial charge in [0.05, 0.1) is 7.05 Å². The molecule has 0 saturated carbocycles. The predicted octanol–water partition coefficient (Wildman–Crippen LogP) is -0.351. The number of anilines is 2. The van der Waals surface area contributed by atoms with Crippen LogP contribution in [0.1, 0.15) is 6.92 Å². The Morgan fingerprint density at radius 2 is 2.14 bits per heavy atom. The summed E-state index contributed by atoms with van der Waals surface area (Å²) in [5.74, 6) is -0.547. The second-order valence-corrected chi connectivity index (χ2v) is 6.27. The number of nitrogens with one attached hydrogen (secondary N) is 2. The maximum atomic E-state index is 12.7. The number of carbonyl (C=O) groups is 2. The molecule has 4 N–H and O–H groups in total. The van der Waals surface area contributed by atoms with E-state index in [4.69, 9.17) is 5.41 Å². The largest absolute Gasteiger partial charge is 0.342 e. The van der Waals surface area contributed by atoms with E-state index in [-0.39, 0.29) is 17.8 Å². The van der Waals surface area contributed by atoms with Gasteiger partial charge in [0.1, 0.15) is 12.2 Å². The van der Waals surface area contributed by atoms with Crippen LogP contribution in [0.3, 0.4) is 0 Å². The van der Waals surface area contributed by atoms with E-state index in [1.807, 2.05) is 6.92 Å². The van der Waals surface area contributed by atoms with Crippen LogP contribution in [0.25, 0.3) is 5.65 Å². The molecule has 0 atom stereocenters. The number of hydrogen-bond donors (Lipinski definition) is 3. The number of rotatable bonds is 9. The van der Waals surface area contributed by atoms with Crippen molar-refractivity contribution in [3.05, 3.63) is 29.6 Å². The Kier molecular flexibility index (Phi) is 7.37. The molecule has 0 bridgehead atoms. The molecule has 29 heavy (non-hydrogen) atoms. The van der Waals surface area contributed by atoms with Gasteiger partial charge in [-0.3, -0.25) is 9.59 Å². The zero-order chi connectivity index (χ0) is 21.6. The van der Waals surface area contributed by atoms with Crippen molar-refractivity contribution in [2.45, 2.75) is 6.92 Å². The molecular formula is C18H26FN8O2+.